The van der Waals surface area contributed by atoms with Gasteiger partial charge in [-0.3, -0.25) is 0 Å². The third-order valence-corrected chi connectivity index (χ3v) is 5.07. The molecule has 0 aliphatic rings. The summed E-state index contributed by atoms with van der Waals surface area (Å²) in [5, 5.41) is 0. The lowest BCUT2D eigenvalue weighted by molar-refractivity contribution is 0.0566. The number of rotatable bonds is 14. The maximum absolute atomic E-state index is 14.6. The number of halogens is 2. The number of unbranched alkanes of at least 4 members (excludes halogenated alkanes) is 3. The Morgan fingerprint density at radius 3 is 2.48 bits per heavy atom. The molecule has 0 heterocycles. The van der Waals surface area contributed by atoms with E-state index >= 15 is 0 Å². The molecule has 1 atom stereocenters. The molecule has 2 aromatic rings. The lowest BCUT2D eigenvalue weighted by Crippen LogP contribution is -2.08. The number of ether oxygens (including phenoxy) is 2. The Balaban J connectivity index is 1.88. The highest BCUT2D eigenvalue weighted by Gasteiger charge is 2.13. The quantitative estimate of drug-likeness (QED) is 0.224. The van der Waals surface area contributed by atoms with Crippen molar-refractivity contribution in [2.24, 2.45) is 0 Å². The molecule has 0 aliphatic heterocycles. The van der Waals surface area contributed by atoms with Crippen LogP contribution in [0.5, 0.6) is 5.75 Å². The van der Waals surface area contributed by atoms with Crippen molar-refractivity contribution in [1.29, 1.82) is 0 Å². The van der Waals surface area contributed by atoms with Crippen LogP contribution in [0.2, 0.25) is 0 Å². The van der Waals surface area contributed by atoms with Crippen molar-refractivity contribution in [2.75, 3.05) is 13.2 Å². The highest BCUT2D eigenvalue weighted by Crippen LogP contribution is 2.28. The molecule has 168 valence electrons. The fourth-order valence-electron chi connectivity index (χ4n) is 3.26. The van der Waals surface area contributed by atoms with E-state index in [1.807, 2.05) is 6.08 Å². The summed E-state index contributed by atoms with van der Waals surface area (Å²) < 4.78 is 40.4. The van der Waals surface area contributed by atoms with E-state index in [0.717, 1.165) is 32.3 Å². The van der Waals surface area contributed by atoms with Crippen molar-refractivity contribution in [3.05, 3.63) is 72.3 Å². The topological polar surface area (TPSA) is 18.5 Å². The maximum atomic E-state index is 14.6. The van der Waals surface area contributed by atoms with Gasteiger partial charge in [0.05, 0.1) is 6.10 Å². The predicted octanol–water partition coefficient (Wildman–Crippen LogP) is 7.98. The summed E-state index contributed by atoms with van der Waals surface area (Å²) in [4.78, 5) is 0. The smallest absolute Gasteiger partial charge is 0.167 e. The molecular weight excluding hydrogens is 394 g/mol. The summed E-state index contributed by atoms with van der Waals surface area (Å²) >= 11 is 0. The molecule has 0 N–H and O–H groups in total. The van der Waals surface area contributed by atoms with Crippen LogP contribution < -0.4 is 4.74 Å². The van der Waals surface area contributed by atoms with E-state index in [-0.39, 0.29) is 17.2 Å². The minimum atomic E-state index is -0.837. The molecule has 4 heteroatoms. The highest BCUT2D eigenvalue weighted by molar-refractivity contribution is 5.67. The van der Waals surface area contributed by atoms with Crippen molar-refractivity contribution < 1.29 is 18.3 Å². The van der Waals surface area contributed by atoms with Gasteiger partial charge < -0.3 is 9.47 Å². The number of hydrogen-bond acceptors (Lipinski definition) is 2. The third kappa shape index (κ3) is 8.29. The van der Waals surface area contributed by atoms with Crippen LogP contribution in [0, 0.1) is 11.6 Å². The summed E-state index contributed by atoms with van der Waals surface area (Å²) in [6, 6.07) is 10.1. The molecule has 0 radical (unpaired) electrons. The largest absolute Gasteiger partial charge is 0.490 e. The van der Waals surface area contributed by atoms with Gasteiger partial charge in [0, 0.05) is 17.7 Å². The second kappa shape index (κ2) is 13.8. The normalized spacial score (nSPS) is 12.3. The lowest BCUT2D eigenvalue weighted by Gasteiger charge is -2.12. The Bertz CT molecular complexity index is 828. The van der Waals surface area contributed by atoms with Crippen molar-refractivity contribution in [3.63, 3.8) is 0 Å². The van der Waals surface area contributed by atoms with E-state index < -0.39 is 11.6 Å². The van der Waals surface area contributed by atoms with Crippen molar-refractivity contribution in [1.82, 2.24) is 0 Å². The van der Waals surface area contributed by atoms with Crippen LogP contribution in [-0.4, -0.2) is 19.3 Å². The standard InChI is InChI=1S/C27H34F2O2/c1-4-6-10-20-30-21(3)11-8-7-9-12-23-15-18-25(27(29)26(23)28)22-13-16-24(17-14-22)31-19-5-2/h5,9,12-18,21H,2,4,6-8,10-11,19-20H2,1,3H3. The average Bonchev–Trinajstić information content (AvgIpc) is 2.78. The Hall–Kier alpha value is -2.46. The van der Waals surface area contributed by atoms with E-state index in [2.05, 4.69) is 20.4 Å². The fourth-order valence-corrected chi connectivity index (χ4v) is 3.26. The fraction of sp³-hybridized carbons (Fsp3) is 0.407. The molecule has 0 saturated carbocycles. The van der Waals surface area contributed by atoms with Gasteiger partial charge in [-0.15, -0.1) is 0 Å². The molecule has 0 spiro atoms. The summed E-state index contributed by atoms with van der Waals surface area (Å²) in [7, 11) is 0. The Morgan fingerprint density at radius 1 is 1.00 bits per heavy atom. The van der Waals surface area contributed by atoms with E-state index in [0.29, 0.717) is 17.9 Å². The van der Waals surface area contributed by atoms with Gasteiger partial charge in [0.1, 0.15) is 12.4 Å². The second-order valence-corrected chi connectivity index (χ2v) is 7.68. The molecule has 31 heavy (non-hydrogen) atoms. The first-order valence-electron chi connectivity index (χ1n) is 11.2. The second-order valence-electron chi connectivity index (χ2n) is 7.68. The van der Waals surface area contributed by atoms with Crippen LogP contribution in [0.1, 0.15) is 57.9 Å². The van der Waals surface area contributed by atoms with Gasteiger partial charge in [-0.2, -0.15) is 0 Å². The molecule has 0 aliphatic carbocycles. The number of allylic oxidation sites excluding steroid dienone is 1. The Kier molecular flexibility index (Phi) is 11.0. The van der Waals surface area contributed by atoms with Gasteiger partial charge in [0.25, 0.3) is 0 Å². The molecule has 1 unspecified atom stereocenters. The van der Waals surface area contributed by atoms with Gasteiger partial charge in [-0.25, -0.2) is 8.78 Å². The van der Waals surface area contributed by atoms with Crippen LogP contribution >= 0.6 is 0 Å². The van der Waals surface area contributed by atoms with Gasteiger partial charge in [0.15, 0.2) is 11.6 Å². The lowest BCUT2D eigenvalue weighted by atomic mass is 10.0. The van der Waals surface area contributed by atoms with E-state index in [1.54, 1.807) is 48.6 Å². The average molecular weight is 429 g/mol. The van der Waals surface area contributed by atoms with E-state index in [4.69, 9.17) is 9.47 Å². The maximum Gasteiger partial charge on any atom is 0.167 e. The molecule has 0 fully saturated rings. The van der Waals surface area contributed by atoms with Crippen LogP contribution in [-0.2, 0) is 4.74 Å². The number of benzene rings is 2. The first-order valence-corrected chi connectivity index (χ1v) is 11.2. The van der Waals surface area contributed by atoms with Crippen molar-refractivity contribution in [3.8, 4) is 16.9 Å². The minimum Gasteiger partial charge on any atom is -0.490 e. The van der Waals surface area contributed by atoms with Crippen LogP contribution in [0.3, 0.4) is 0 Å². The first-order chi connectivity index (χ1) is 15.1. The van der Waals surface area contributed by atoms with Crippen molar-refractivity contribution >= 4 is 6.08 Å². The molecule has 0 aromatic heterocycles. The van der Waals surface area contributed by atoms with Crippen LogP contribution in [0.4, 0.5) is 8.78 Å². The predicted molar refractivity (Wildman–Crippen MR) is 125 cm³/mol. The monoisotopic (exact) mass is 428 g/mol. The van der Waals surface area contributed by atoms with Crippen LogP contribution in [0.25, 0.3) is 17.2 Å². The van der Waals surface area contributed by atoms with Gasteiger partial charge >= 0.3 is 0 Å². The zero-order valence-corrected chi connectivity index (χ0v) is 18.7. The summed E-state index contributed by atoms with van der Waals surface area (Å²) in [5.41, 5.74) is 1.10. The highest BCUT2D eigenvalue weighted by atomic mass is 19.2. The molecule has 2 nitrogen and oxygen atoms in total. The molecule has 2 aromatic carbocycles. The Morgan fingerprint density at radius 2 is 1.77 bits per heavy atom. The van der Waals surface area contributed by atoms with Gasteiger partial charge in [-0.1, -0.05) is 68.8 Å². The van der Waals surface area contributed by atoms with E-state index in [1.165, 1.54) is 12.8 Å². The first kappa shape index (κ1) is 24.8. The zero-order chi connectivity index (χ0) is 22.5. The van der Waals surface area contributed by atoms with Crippen molar-refractivity contribution in [2.45, 2.75) is 58.5 Å². The molecular formula is C27H34F2O2. The molecule has 0 amide bonds. The van der Waals surface area contributed by atoms with Gasteiger partial charge in [0.2, 0.25) is 0 Å². The van der Waals surface area contributed by atoms with Crippen LogP contribution in [0.15, 0.2) is 55.1 Å². The SMILES string of the molecule is C=CCOc1ccc(-c2ccc(C=CCCCC(C)OCCCCC)c(F)c2F)cc1. The summed E-state index contributed by atoms with van der Waals surface area (Å²) in [6.07, 6.45) is 11.6. The molecule has 0 bridgehead atoms. The minimum absolute atomic E-state index is 0.229. The summed E-state index contributed by atoms with van der Waals surface area (Å²) in [6.45, 7) is 9.07. The molecule has 0 saturated heterocycles. The van der Waals surface area contributed by atoms with E-state index in [9.17, 15) is 8.78 Å². The molecule has 2 rings (SSSR count). The Labute approximate surface area is 185 Å². The van der Waals surface area contributed by atoms with Gasteiger partial charge in [-0.05, 0) is 50.3 Å². The summed E-state index contributed by atoms with van der Waals surface area (Å²) in [5.74, 6) is -1.01. The number of hydrogen-bond donors (Lipinski definition) is 0. The third-order valence-electron chi connectivity index (χ3n) is 5.07. The zero-order valence-electron chi connectivity index (χ0n) is 18.7.